The molecule has 44 heavy (non-hydrogen) atoms. The smallest absolute Gasteiger partial charge is 0.320 e. The molecule has 9 heteroatoms. The summed E-state index contributed by atoms with van der Waals surface area (Å²) in [6.07, 6.45) is 9.08. The topological polar surface area (TPSA) is 65.1 Å². The van der Waals surface area contributed by atoms with Crippen LogP contribution in [0, 0.1) is 23.0 Å². The maximum atomic E-state index is 15.0. The second kappa shape index (κ2) is 12.9. The van der Waals surface area contributed by atoms with Crippen molar-refractivity contribution >= 4 is 17.5 Å². The number of nitrogens with one attached hydrogen (secondary N) is 1. The minimum absolute atomic E-state index is 0.0270. The molecule has 2 saturated heterocycles. The van der Waals surface area contributed by atoms with E-state index in [0.29, 0.717) is 50.6 Å². The first-order valence-corrected chi connectivity index (χ1v) is 16.1. The number of nitrogens with zero attached hydrogens (tertiary/aromatic N) is 3. The Bertz CT molecular complexity index is 1410. The number of hydrogen-bond donors (Lipinski definition) is 1. The van der Waals surface area contributed by atoms with Crippen molar-refractivity contribution in [2.75, 3.05) is 46.9 Å². The molecule has 7 nitrogen and oxygen atoms in total. The van der Waals surface area contributed by atoms with E-state index >= 15 is 0 Å². The molecule has 6 rings (SSSR count). The van der Waals surface area contributed by atoms with Gasteiger partial charge in [-0.05, 0) is 74.6 Å². The highest BCUT2D eigenvalue weighted by atomic mass is 19.1. The van der Waals surface area contributed by atoms with E-state index in [0.717, 1.165) is 67.9 Å². The second-order valence-electron chi connectivity index (χ2n) is 13.0. The molecule has 0 bridgehead atoms. The quantitative estimate of drug-likeness (QED) is 0.437. The molecule has 3 amide bonds. The Balaban J connectivity index is 1.17. The van der Waals surface area contributed by atoms with Crippen molar-refractivity contribution in [2.45, 2.75) is 63.5 Å². The summed E-state index contributed by atoms with van der Waals surface area (Å²) in [7, 11) is 3.54. The molecule has 3 atom stereocenters. The summed E-state index contributed by atoms with van der Waals surface area (Å²) in [4.78, 5) is 33.3. The van der Waals surface area contributed by atoms with Crippen LogP contribution >= 0.6 is 0 Å². The van der Waals surface area contributed by atoms with Gasteiger partial charge in [0.15, 0.2) is 0 Å². The molecule has 3 heterocycles. The molecular formula is C35H44F2N4O3. The Labute approximate surface area is 259 Å². The number of ether oxygens (including phenoxy) is 1. The SMILES string of the molecule is CN[C@@H]1CCN(C(=O)N2CC[C@H](CN3CCC(c4ccccc4OC)=CC3=O)C3(CCCC3)C2)[C@H](c2ccc(F)cc2F)C1. The van der Waals surface area contributed by atoms with Crippen LogP contribution in [0.2, 0.25) is 0 Å². The predicted octanol–water partition coefficient (Wildman–Crippen LogP) is 6.02. The monoisotopic (exact) mass is 606 g/mol. The van der Waals surface area contributed by atoms with Crippen LogP contribution in [0.1, 0.15) is 68.5 Å². The summed E-state index contributed by atoms with van der Waals surface area (Å²) < 4.78 is 34.3. The summed E-state index contributed by atoms with van der Waals surface area (Å²) in [5, 5.41) is 3.29. The Morgan fingerprint density at radius 1 is 1.07 bits per heavy atom. The van der Waals surface area contributed by atoms with Gasteiger partial charge in [0.2, 0.25) is 5.91 Å². The van der Waals surface area contributed by atoms with Crippen LogP contribution in [-0.2, 0) is 4.79 Å². The number of piperidine rings is 2. The zero-order chi connectivity index (χ0) is 30.8. The molecule has 1 spiro atoms. The summed E-state index contributed by atoms with van der Waals surface area (Å²) in [6, 6.07) is 11.1. The number of hydrogen-bond acceptors (Lipinski definition) is 4. The van der Waals surface area contributed by atoms with E-state index < -0.39 is 17.7 Å². The Morgan fingerprint density at radius 3 is 2.59 bits per heavy atom. The largest absolute Gasteiger partial charge is 0.496 e. The molecular weight excluding hydrogens is 562 g/mol. The van der Waals surface area contributed by atoms with Crippen LogP contribution in [0.4, 0.5) is 13.6 Å². The third-order valence-electron chi connectivity index (χ3n) is 10.7. The van der Waals surface area contributed by atoms with Crippen molar-refractivity contribution in [1.29, 1.82) is 0 Å². The van der Waals surface area contributed by atoms with Gasteiger partial charge in [-0.1, -0.05) is 37.1 Å². The number of carbonyl (C=O) groups excluding carboxylic acids is 2. The van der Waals surface area contributed by atoms with Crippen LogP contribution < -0.4 is 10.1 Å². The van der Waals surface area contributed by atoms with Crippen LogP contribution in [0.5, 0.6) is 5.75 Å². The fraction of sp³-hybridized carbons (Fsp3) is 0.543. The molecule has 0 aromatic heterocycles. The Morgan fingerprint density at radius 2 is 1.86 bits per heavy atom. The first-order chi connectivity index (χ1) is 21.3. The molecule has 0 unspecified atom stereocenters. The molecule has 2 aromatic rings. The van der Waals surface area contributed by atoms with Gasteiger partial charge in [0.05, 0.1) is 13.2 Å². The van der Waals surface area contributed by atoms with Gasteiger partial charge in [-0.2, -0.15) is 0 Å². The summed E-state index contributed by atoms with van der Waals surface area (Å²) in [6.45, 7) is 3.16. The van der Waals surface area contributed by atoms with Crippen molar-refractivity contribution in [3.8, 4) is 5.75 Å². The molecule has 1 N–H and O–H groups in total. The fourth-order valence-corrected chi connectivity index (χ4v) is 8.25. The zero-order valence-electron chi connectivity index (χ0n) is 25.9. The lowest BCUT2D eigenvalue weighted by atomic mass is 9.69. The number of amides is 3. The lowest BCUT2D eigenvalue weighted by Gasteiger charge is -2.50. The first-order valence-electron chi connectivity index (χ1n) is 16.1. The third kappa shape index (κ3) is 5.95. The first kappa shape index (κ1) is 30.6. The molecule has 236 valence electrons. The van der Waals surface area contributed by atoms with E-state index in [1.54, 1.807) is 13.2 Å². The normalized spacial score (nSPS) is 25.4. The van der Waals surface area contributed by atoms with Gasteiger partial charge < -0.3 is 24.8 Å². The summed E-state index contributed by atoms with van der Waals surface area (Å²) in [5.41, 5.74) is 2.32. The lowest BCUT2D eigenvalue weighted by Crippen LogP contribution is -2.57. The standard InChI is InChI=1S/C35H44F2N4O3/c1-38-27-13-18-41(31(21-27)29-10-9-26(36)20-30(29)37)34(43)40-17-12-25(35(23-40)14-5-6-15-35)22-39-16-11-24(19-33(39)42)28-7-3-4-8-32(28)44-2/h3-4,7-10,19-20,25,27,31,38H,5-6,11-18,21-23H2,1-2H3/t25-,27-,31+/m1/s1. The highest BCUT2D eigenvalue weighted by molar-refractivity contribution is 5.97. The van der Waals surface area contributed by atoms with Gasteiger partial charge in [-0.15, -0.1) is 0 Å². The van der Waals surface area contributed by atoms with Crippen molar-refractivity contribution in [1.82, 2.24) is 20.0 Å². The lowest BCUT2D eigenvalue weighted by molar-refractivity contribution is -0.128. The maximum absolute atomic E-state index is 15.0. The number of methoxy groups -OCH3 is 1. The van der Waals surface area contributed by atoms with E-state index in [2.05, 4.69) is 5.32 Å². The van der Waals surface area contributed by atoms with E-state index in [4.69, 9.17) is 4.74 Å². The van der Waals surface area contributed by atoms with Crippen molar-refractivity contribution in [3.05, 3.63) is 71.3 Å². The molecule has 3 fully saturated rings. The van der Waals surface area contributed by atoms with Crippen LogP contribution in [-0.4, -0.2) is 79.6 Å². The number of halogens is 2. The molecule has 1 aliphatic carbocycles. The zero-order valence-corrected chi connectivity index (χ0v) is 25.9. The molecule has 2 aromatic carbocycles. The average Bonchev–Trinajstić information content (AvgIpc) is 3.50. The van der Waals surface area contributed by atoms with Crippen LogP contribution in [0.15, 0.2) is 48.5 Å². The number of urea groups is 1. The van der Waals surface area contributed by atoms with Gasteiger partial charge >= 0.3 is 6.03 Å². The third-order valence-corrected chi connectivity index (χ3v) is 10.7. The predicted molar refractivity (Wildman–Crippen MR) is 166 cm³/mol. The van der Waals surface area contributed by atoms with Crippen LogP contribution in [0.3, 0.4) is 0 Å². The van der Waals surface area contributed by atoms with Gasteiger partial charge in [0, 0.05) is 62.0 Å². The fourth-order valence-electron chi connectivity index (χ4n) is 8.25. The van der Waals surface area contributed by atoms with Gasteiger partial charge in [-0.25, -0.2) is 13.6 Å². The average molecular weight is 607 g/mol. The highest BCUT2D eigenvalue weighted by Crippen LogP contribution is 2.49. The Kier molecular flexibility index (Phi) is 8.94. The number of rotatable bonds is 6. The van der Waals surface area contributed by atoms with Crippen molar-refractivity contribution < 1.29 is 23.1 Å². The highest BCUT2D eigenvalue weighted by Gasteiger charge is 2.48. The van der Waals surface area contributed by atoms with Crippen LogP contribution in [0.25, 0.3) is 5.57 Å². The minimum atomic E-state index is -0.617. The van der Waals surface area contributed by atoms with E-state index in [1.165, 1.54) is 12.1 Å². The molecule has 3 aliphatic heterocycles. The molecule has 1 saturated carbocycles. The van der Waals surface area contributed by atoms with Gasteiger partial charge in [0.1, 0.15) is 17.4 Å². The number of likely N-dealkylation sites (tertiary alicyclic amines) is 2. The number of para-hydroxylation sites is 1. The summed E-state index contributed by atoms with van der Waals surface area (Å²) in [5.74, 6) is -0.0832. The second-order valence-corrected chi connectivity index (χ2v) is 13.0. The number of benzene rings is 2. The van der Waals surface area contributed by atoms with E-state index in [-0.39, 0.29) is 23.4 Å². The van der Waals surface area contributed by atoms with Gasteiger partial charge in [0.25, 0.3) is 0 Å². The van der Waals surface area contributed by atoms with E-state index in [1.807, 2.05) is 46.0 Å². The molecule has 4 aliphatic rings. The van der Waals surface area contributed by atoms with E-state index in [9.17, 15) is 18.4 Å². The maximum Gasteiger partial charge on any atom is 0.320 e. The molecule has 0 radical (unpaired) electrons. The summed E-state index contributed by atoms with van der Waals surface area (Å²) >= 11 is 0. The number of carbonyl (C=O) groups is 2. The van der Waals surface area contributed by atoms with Crippen molar-refractivity contribution in [2.24, 2.45) is 11.3 Å². The Hall–Kier alpha value is -3.46. The minimum Gasteiger partial charge on any atom is -0.496 e. The van der Waals surface area contributed by atoms with Crippen molar-refractivity contribution in [3.63, 3.8) is 0 Å². The van der Waals surface area contributed by atoms with Gasteiger partial charge in [-0.3, -0.25) is 4.79 Å².